The summed E-state index contributed by atoms with van der Waals surface area (Å²) in [6, 6.07) is 10.0. The molecule has 172 valence electrons. The molecule has 32 heavy (non-hydrogen) atoms. The van der Waals surface area contributed by atoms with E-state index in [9.17, 15) is 0 Å². The number of thiocarbonyl (C=S) groups is 1. The van der Waals surface area contributed by atoms with E-state index in [-0.39, 0.29) is 0 Å². The Hall–Kier alpha value is -2.65. The lowest BCUT2D eigenvalue weighted by Gasteiger charge is -2.33. The summed E-state index contributed by atoms with van der Waals surface area (Å²) in [6.07, 6.45) is 2.45. The quantitative estimate of drug-likeness (QED) is 0.638. The molecular weight excluding hydrogens is 424 g/mol. The topological polar surface area (TPSA) is 74.8 Å². The molecular formula is C23H32N6O2S. The lowest BCUT2D eigenvalue weighted by Crippen LogP contribution is -2.38. The van der Waals surface area contributed by atoms with Crippen LogP contribution in [0.5, 0.6) is 5.75 Å². The first-order valence-corrected chi connectivity index (χ1v) is 11.7. The van der Waals surface area contributed by atoms with Crippen molar-refractivity contribution in [3.8, 4) is 5.75 Å². The van der Waals surface area contributed by atoms with Gasteiger partial charge in [0.1, 0.15) is 17.4 Å². The average Bonchev–Trinajstić information content (AvgIpc) is 2.83. The highest BCUT2D eigenvalue weighted by Gasteiger charge is 2.21. The molecule has 2 aliphatic rings. The SMILES string of the molecule is COc1ccc(CNC(=S)Nc2nc(N3CCOCC3)cc(N3CCCC(C)C3)n2)cc1. The minimum Gasteiger partial charge on any atom is -0.497 e. The molecule has 2 N–H and O–H groups in total. The third kappa shape index (κ3) is 5.98. The predicted octanol–water partition coefficient (Wildman–Crippen LogP) is 3.04. The molecule has 1 aromatic heterocycles. The van der Waals surface area contributed by atoms with Gasteiger partial charge < -0.3 is 29.9 Å². The highest BCUT2D eigenvalue weighted by Crippen LogP contribution is 2.26. The van der Waals surface area contributed by atoms with Crippen molar-refractivity contribution in [3.63, 3.8) is 0 Å². The van der Waals surface area contributed by atoms with Gasteiger partial charge in [-0.25, -0.2) is 0 Å². The number of piperidine rings is 1. The number of methoxy groups -OCH3 is 1. The van der Waals surface area contributed by atoms with Gasteiger partial charge in [0.25, 0.3) is 0 Å². The van der Waals surface area contributed by atoms with Crippen LogP contribution >= 0.6 is 12.2 Å². The van der Waals surface area contributed by atoms with Crippen LogP contribution in [0.4, 0.5) is 17.6 Å². The summed E-state index contributed by atoms with van der Waals surface area (Å²) < 4.78 is 10.7. The number of ether oxygens (including phenoxy) is 2. The standard InChI is InChI=1S/C23H32N6O2S/c1-17-4-3-9-29(16-17)21-14-20(28-10-12-31-13-11-28)25-22(26-21)27-23(32)24-15-18-5-7-19(30-2)8-6-18/h5-8,14,17H,3-4,9-13,15-16H2,1-2H3,(H2,24,25,26,27,32). The summed E-state index contributed by atoms with van der Waals surface area (Å²) in [6.45, 7) is 8.01. The van der Waals surface area contributed by atoms with E-state index in [4.69, 9.17) is 31.7 Å². The lowest BCUT2D eigenvalue weighted by molar-refractivity contribution is 0.122. The zero-order valence-corrected chi connectivity index (χ0v) is 19.7. The molecule has 2 aromatic rings. The van der Waals surface area contributed by atoms with Crippen LogP contribution in [0.1, 0.15) is 25.3 Å². The van der Waals surface area contributed by atoms with Crippen molar-refractivity contribution in [1.29, 1.82) is 0 Å². The highest BCUT2D eigenvalue weighted by molar-refractivity contribution is 7.80. The summed E-state index contributed by atoms with van der Waals surface area (Å²) in [5.41, 5.74) is 1.11. The minimum atomic E-state index is 0.498. The van der Waals surface area contributed by atoms with Crippen LogP contribution in [0.15, 0.2) is 30.3 Å². The van der Waals surface area contributed by atoms with Crippen molar-refractivity contribution in [3.05, 3.63) is 35.9 Å². The van der Waals surface area contributed by atoms with Crippen LogP contribution < -0.4 is 25.2 Å². The Labute approximate surface area is 195 Å². The predicted molar refractivity (Wildman–Crippen MR) is 132 cm³/mol. The van der Waals surface area contributed by atoms with E-state index in [0.717, 1.165) is 49.1 Å². The Balaban J connectivity index is 1.46. The normalized spacial score (nSPS) is 18.9. The van der Waals surface area contributed by atoms with Crippen LogP contribution in [0, 0.1) is 5.92 Å². The molecule has 1 atom stereocenters. The number of nitrogens with one attached hydrogen (secondary N) is 2. The molecule has 0 spiro atoms. The highest BCUT2D eigenvalue weighted by atomic mass is 32.1. The summed E-state index contributed by atoms with van der Waals surface area (Å²) in [5, 5.41) is 6.93. The van der Waals surface area contributed by atoms with E-state index in [0.29, 0.717) is 36.7 Å². The van der Waals surface area contributed by atoms with Gasteiger partial charge in [0.05, 0.1) is 20.3 Å². The van der Waals surface area contributed by atoms with Crippen molar-refractivity contribution < 1.29 is 9.47 Å². The molecule has 1 aromatic carbocycles. The smallest absolute Gasteiger partial charge is 0.232 e. The Morgan fingerprint density at radius 3 is 2.53 bits per heavy atom. The Bertz CT molecular complexity index is 904. The lowest BCUT2D eigenvalue weighted by atomic mass is 10.0. The van der Waals surface area contributed by atoms with Crippen molar-refractivity contribution in [2.75, 3.05) is 61.6 Å². The Morgan fingerprint density at radius 2 is 1.84 bits per heavy atom. The first-order valence-electron chi connectivity index (χ1n) is 11.3. The first-order chi connectivity index (χ1) is 15.6. The van der Waals surface area contributed by atoms with Crippen LogP contribution in [0.3, 0.4) is 0 Å². The number of rotatable bonds is 6. The average molecular weight is 457 g/mol. The maximum atomic E-state index is 5.53. The van der Waals surface area contributed by atoms with Crippen LogP contribution in [0.2, 0.25) is 0 Å². The van der Waals surface area contributed by atoms with E-state index in [1.165, 1.54) is 12.8 Å². The van der Waals surface area contributed by atoms with Crippen LogP contribution in [-0.2, 0) is 11.3 Å². The number of benzene rings is 1. The van der Waals surface area contributed by atoms with E-state index >= 15 is 0 Å². The minimum absolute atomic E-state index is 0.498. The van der Waals surface area contributed by atoms with E-state index in [1.54, 1.807) is 7.11 Å². The second-order valence-electron chi connectivity index (χ2n) is 8.36. The van der Waals surface area contributed by atoms with Gasteiger partial charge >= 0.3 is 0 Å². The number of hydrogen-bond acceptors (Lipinski definition) is 7. The zero-order chi connectivity index (χ0) is 22.3. The molecule has 0 radical (unpaired) electrons. The first kappa shape index (κ1) is 22.5. The molecule has 2 saturated heterocycles. The van der Waals surface area contributed by atoms with Crippen molar-refractivity contribution in [2.24, 2.45) is 5.92 Å². The molecule has 3 heterocycles. The molecule has 8 nitrogen and oxygen atoms in total. The van der Waals surface area contributed by atoms with Crippen LogP contribution in [0.25, 0.3) is 0 Å². The number of nitrogens with zero attached hydrogens (tertiary/aromatic N) is 4. The van der Waals surface area contributed by atoms with E-state index in [1.807, 2.05) is 24.3 Å². The van der Waals surface area contributed by atoms with E-state index < -0.39 is 0 Å². The molecule has 2 fully saturated rings. The Morgan fingerprint density at radius 1 is 1.12 bits per heavy atom. The van der Waals surface area contributed by atoms with Gasteiger partial charge in [-0.2, -0.15) is 9.97 Å². The van der Waals surface area contributed by atoms with Gasteiger partial charge in [-0.15, -0.1) is 0 Å². The fourth-order valence-corrected chi connectivity index (χ4v) is 4.23. The third-order valence-electron chi connectivity index (χ3n) is 5.85. The second kappa shape index (κ2) is 10.8. The maximum absolute atomic E-state index is 5.53. The number of aromatic nitrogens is 2. The largest absolute Gasteiger partial charge is 0.497 e. The van der Waals surface area contributed by atoms with Gasteiger partial charge in [0.2, 0.25) is 5.95 Å². The fourth-order valence-electron chi connectivity index (χ4n) is 4.06. The van der Waals surface area contributed by atoms with Gasteiger partial charge in [-0.05, 0) is 48.7 Å². The van der Waals surface area contributed by atoms with E-state index in [2.05, 4.69) is 33.4 Å². The molecule has 0 bridgehead atoms. The molecule has 2 aliphatic heterocycles. The monoisotopic (exact) mass is 456 g/mol. The molecule has 0 saturated carbocycles. The molecule has 0 aliphatic carbocycles. The van der Waals surface area contributed by atoms with Crippen molar-refractivity contribution in [2.45, 2.75) is 26.3 Å². The van der Waals surface area contributed by atoms with Gasteiger partial charge in [-0.1, -0.05) is 19.1 Å². The van der Waals surface area contributed by atoms with Crippen molar-refractivity contribution in [1.82, 2.24) is 15.3 Å². The van der Waals surface area contributed by atoms with Gasteiger partial charge in [-0.3, -0.25) is 0 Å². The molecule has 1 unspecified atom stereocenters. The number of anilines is 3. The van der Waals surface area contributed by atoms with Gasteiger partial charge in [0.15, 0.2) is 5.11 Å². The fraction of sp³-hybridized carbons (Fsp3) is 0.522. The molecule has 0 amide bonds. The van der Waals surface area contributed by atoms with Crippen LogP contribution in [-0.4, -0.2) is 61.6 Å². The summed E-state index contributed by atoms with van der Waals surface area (Å²) in [7, 11) is 1.66. The Kier molecular flexibility index (Phi) is 7.59. The summed E-state index contributed by atoms with van der Waals surface area (Å²) >= 11 is 5.53. The molecule has 9 heteroatoms. The summed E-state index contributed by atoms with van der Waals surface area (Å²) in [5.74, 6) is 3.89. The number of hydrogen-bond donors (Lipinski definition) is 2. The van der Waals surface area contributed by atoms with Gasteiger partial charge in [0, 0.05) is 38.8 Å². The number of morpholine rings is 1. The zero-order valence-electron chi connectivity index (χ0n) is 18.8. The maximum Gasteiger partial charge on any atom is 0.232 e. The third-order valence-corrected chi connectivity index (χ3v) is 6.10. The molecule has 4 rings (SSSR count). The summed E-state index contributed by atoms with van der Waals surface area (Å²) in [4.78, 5) is 14.2. The van der Waals surface area contributed by atoms with Crippen molar-refractivity contribution >= 4 is 34.9 Å². The second-order valence-corrected chi connectivity index (χ2v) is 8.76.